The van der Waals surface area contributed by atoms with Crippen molar-refractivity contribution in [2.24, 2.45) is 0 Å². The van der Waals surface area contributed by atoms with Crippen molar-refractivity contribution >= 4 is 23.6 Å². The minimum Gasteiger partial charge on any atom is -0.267 e. The van der Waals surface area contributed by atoms with Crippen molar-refractivity contribution in [2.75, 3.05) is 0 Å². The Bertz CT molecular complexity index is 977. The first-order valence-electron chi connectivity index (χ1n) is 8.26. The molecule has 0 aliphatic rings. The SMILES string of the molecule is Cc1ccc(Sc2ncccc2C(=O)NNC(=O)c2ccccn2)cc1C. The van der Waals surface area contributed by atoms with Gasteiger partial charge in [0.05, 0.1) is 5.56 Å². The number of hydrogen-bond donors (Lipinski definition) is 2. The monoisotopic (exact) mass is 378 g/mol. The number of carbonyl (C=O) groups is 2. The predicted octanol–water partition coefficient (Wildman–Crippen LogP) is 3.32. The number of carbonyl (C=O) groups excluding carboxylic acids is 2. The van der Waals surface area contributed by atoms with Gasteiger partial charge in [-0.1, -0.05) is 23.9 Å². The van der Waals surface area contributed by atoms with Crippen LogP contribution in [-0.4, -0.2) is 21.8 Å². The number of hydrazine groups is 1. The van der Waals surface area contributed by atoms with Gasteiger partial charge in [-0.2, -0.15) is 0 Å². The minimum atomic E-state index is -0.490. The van der Waals surface area contributed by atoms with Crippen LogP contribution in [0.1, 0.15) is 32.0 Å². The number of rotatable bonds is 4. The quantitative estimate of drug-likeness (QED) is 0.681. The third-order valence-corrected chi connectivity index (χ3v) is 4.90. The molecule has 3 aromatic rings. The van der Waals surface area contributed by atoms with E-state index in [1.54, 1.807) is 36.5 Å². The molecule has 0 saturated heterocycles. The minimum absolute atomic E-state index is 0.216. The standard InChI is InChI=1S/C20H18N4O2S/c1-13-8-9-15(12-14(13)2)27-20-16(6-5-11-22-20)18(25)23-24-19(26)17-7-3-4-10-21-17/h3-12H,1-2H3,(H,23,25)(H,24,26). The van der Waals surface area contributed by atoms with Crippen LogP contribution in [0.2, 0.25) is 0 Å². The van der Waals surface area contributed by atoms with Crippen molar-refractivity contribution < 1.29 is 9.59 Å². The summed E-state index contributed by atoms with van der Waals surface area (Å²) in [7, 11) is 0. The molecule has 2 aromatic heterocycles. The predicted molar refractivity (Wildman–Crippen MR) is 103 cm³/mol. The number of aryl methyl sites for hydroxylation is 2. The molecule has 0 unspecified atom stereocenters. The summed E-state index contributed by atoms with van der Waals surface area (Å²) >= 11 is 1.40. The molecule has 0 fully saturated rings. The van der Waals surface area contributed by atoms with Gasteiger partial charge in [0, 0.05) is 17.3 Å². The van der Waals surface area contributed by atoms with Crippen molar-refractivity contribution in [3.05, 3.63) is 83.3 Å². The van der Waals surface area contributed by atoms with Crippen molar-refractivity contribution in [2.45, 2.75) is 23.8 Å². The summed E-state index contributed by atoms with van der Waals surface area (Å²) in [5.74, 6) is -0.935. The molecule has 0 bridgehead atoms. The zero-order valence-electron chi connectivity index (χ0n) is 14.9. The van der Waals surface area contributed by atoms with E-state index in [0.29, 0.717) is 10.6 Å². The lowest BCUT2D eigenvalue weighted by Gasteiger charge is -2.10. The number of nitrogens with one attached hydrogen (secondary N) is 2. The molecule has 7 heteroatoms. The largest absolute Gasteiger partial charge is 0.288 e. The number of hydrogen-bond acceptors (Lipinski definition) is 5. The molecule has 0 atom stereocenters. The van der Waals surface area contributed by atoms with E-state index < -0.39 is 11.8 Å². The maximum absolute atomic E-state index is 12.5. The lowest BCUT2D eigenvalue weighted by atomic mass is 10.1. The molecule has 3 rings (SSSR count). The highest BCUT2D eigenvalue weighted by molar-refractivity contribution is 7.99. The first-order valence-corrected chi connectivity index (χ1v) is 9.08. The van der Waals surface area contributed by atoms with E-state index in [0.717, 1.165) is 4.90 Å². The van der Waals surface area contributed by atoms with Gasteiger partial charge in [0.25, 0.3) is 11.8 Å². The lowest BCUT2D eigenvalue weighted by Crippen LogP contribution is -2.42. The lowest BCUT2D eigenvalue weighted by molar-refractivity contribution is 0.0842. The molecule has 0 spiro atoms. The van der Waals surface area contributed by atoms with Crippen molar-refractivity contribution in [3.8, 4) is 0 Å². The van der Waals surface area contributed by atoms with E-state index in [2.05, 4.69) is 26.9 Å². The van der Waals surface area contributed by atoms with E-state index in [4.69, 9.17) is 0 Å². The van der Waals surface area contributed by atoms with Gasteiger partial charge in [-0.3, -0.25) is 25.4 Å². The van der Waals surface area contributed by atoms with Gasteiger partial charge < -0.3 is 0 Å². The van der Waals surface area contributed by atoms with E-state index in [-0.39, 0.29) is 5.69 Å². The second kappa shape index (κ2) is 8.46. The fourth-order valence-corrected chi connectivity index (χ4v) is 3.26. The van der Waals surface area contributed by atoms with E-state index >= 15 is 0 Å². The molecule has 2 heterocycles. The van der Waals surface area contributed by atoms with Crippen LogP contribution in [0, 0.1) is 13.8 Å². The Kier molecular flexibility index (Phi) is 5.83. The Morgan fingerprint density at radius 3 is 2.37 bits per heavy atom. The Hall–Kier alpha value is -3.19. The molecule has 0 radical (unpaired) electrons. The van der Waals surface area contributed by atoms with Crippen LogP contribution in [0.4, 0.5) is 0 Å². The van der Waals surface area contributed by atoms with E-state index in [9.17, 15) is 9.59 Å². The maximum atomic E-state index is 12.5. The zero-order chi connectivity index (χ0) is 19.2. The Morgan fingerprint density at radius 1 is 0.852 bits per heavy atom. The summed E-state index contributed by atoms with van der Waals surface area (Å²) < 4.78 is 0. The van der Waals surface area contributed by atoms with Gasteiger partial charge in [0.1, 0.15) is 10.7 Å². The third-order valence-electron chi connectivity index (χ3n) is 3.90. The highest BCUT2D eigenvalue weighted by Crippen LogP contribution is 2.29. The zero-order valence-corrected chi connectivity index (χ0v) is 15.7. The fraction of sp³-hybridized carbons (Fsp3) is 0.100. The average molecular weight is 378 g/mol. The van der Waals surface area contributed by atoms with Crippen LogP contribution < -0.4 is 10.9 Å². The number of benzene rings is 1. The Morgan fingerprint density at radius 2 is 1.63 bits per heavy atom. The van der Waals surface area contributed by atoms with Crippen LogP contribution in [0.3, 0.4) is 0 Å². The van der Waals surface area contributed by atoms with Gasteiger partial charge in [-0.05, 0) is 61.4 Å². The summed E-state index contributed by atoms with van der Waals surface area (Å²) in [5.41, 5.74) is 7.75. The van der Waals surface area contributed by atoms with Crippen LogP contribution in [0.15, 0.2) is 70.8 Å². The molecule has 2 N–H and O–H groups in total. The number of amides is 2. The average Bonchev–Trinajstić information content (AvgIpc) is 2.70. The summed E-state index contributed by atoms with van der Waals surface area (Å²) in [5, 5.41) is 0.560. The number of aromatic nitrogens is 2. The Labute approximate surface area is 161 Å². The van der Waals surface area contributed by atoms with Gasteiger partial charge in [-0.15, -0.1) is 0 Å². The highest BCUT2D eigenvalue weighted by atomic mass is 32.2. The first kappa shape index (κ1) is 18.6. The molecule has 27 heavy (non-hydrogen) atoms. The highest BCUT2D eigenvalue weighted by Gasteiger charge is 2.15. The van der Waals surface area contributed by atoms with E-state index in [1.165, 1.54) is 29.1 Å². The van der Waals surface area contributed by atoms with E-state index in [1.807, 2.05) is 26.0 Å². The second-order valence-electron chi connectivity index (χ2n) is 5.83. The third kappa shape index (κ3) is 4.71. The van der Waals surface area contributed by atoms with Crippen molar-refractivity contribution in [1.29, 1.82) is 0 Å². The first-order chi connectivity index (χ1) is 13.0. The van der Waals surface area contributed by atoms with Crippen LogP contribution in [0.5, 0.6) is 0 Å². The smallest absolute Gasteiger partial charge is 0.267 e. The van der Waals surface area contributed by atoms with Gasteiger partial charge in [0.15, 0.2) is 0 Å². The molecule has 0 saturated carbocycles. The normalized spacial score (nSPS) is 10.3. The summed E-state index contributed by atoms with van der Waals surface area (Å²) in [6, 6.07) is 14.4. The van der Waals surface area contributed by atoms with Crippen LogP contribution >= 0.6 is 11.8 Å². The summed E-state index contributed by atoms with van der Waals surface area (Å²) in [4.78, 5) is 33.8. The van der Waals surface area contributed by atoms with Crippen LogP contribution in [-0.2, 0) is 0 Å². The summed E-state index contributed by atoms with van der Waals surface area (Å²) in [6.07, 6.45) is 3.14. The molecular weight excluding hydrogens is 360 g/mol. The molecule has 136 valence electrons. The Balaban J connectivity index is 1.72. The summed E-state index contributed by atoms with van der Waals surface area (Å²) in [6.45, 7) is 4.09. The number of pyridine rings is 2. The topological polar surface area (TPSA) is 84.0 Å². The fourth-order valence-electron chi connectivity index (χ4n) is 2.28. The van der Waals surface area contributed by atoms with Crippen LogP contribution in [0.25, 0.3) is 0 Å². The van der Waals surface area contributed by atoms with Gasteiger partial charge in [0.2, 0.25) is 0 Å². The molecule has 1 aromatic carbocycles. The molecule has 2 amide bonds. The maximum Gasteiger partial charge on any atom is 0.288 e. The van der Waals surface area contributed by atoms with Crippen molar-refractivity contribution in [1.82, 2.24) is 20.8 Å². The molecular formula is C20H18N4O2S. The number of nitrogens with zero attached hydrogens (tertiary/aromatic N) is 2. The van der Waals surface area contributed by atoms with Gasteiger partial charge >= 0.3 is 0 Å². The van der Waals surface area contributed by atoms with Gasteiger partial charge in [-0.25, -0.2) is 4.98 Å². The molecule has 0 aliphatic carbocycles. The van der Waals surface area contributed by atoms with Crippen molar-refractivity contribution in [3.63, 3.8) is 0 Å². The second-order valence-corrected chi connectivity index (χ2v) is 6.89. The molecule has 0 aliphatic heterocycles. The molecule has 6 nitrogen and oxygen atoms in total.